The number of amides is 1. The number of nitrogens with zero attached hydrogens (tertiary/aromatic N) is 2. The van der Waals surface area contributed by atoms with Crippen LogP contribution in [-0.2, 0) is 11.3 Å². The zero-order chi connectivity index (χ0) is 17.5. The fraction of sp³-hybridized carbons (Fsp3) is 0.381. The topological polar surface area (TPSA) is 23.6 Å². The molecule has 0 N–H and O–H groups in total. The number of hydrogen-bond donors (Lipinski definition) is 0. The van der Waals surface area contributed by atoms with Gasteiger partial charge in [-0.05, 0) is 37.6 Å². The third-order valence-corrected chi connectivity index (χ3v) is 5.75. The van der Waals surface area contributed by atoms with Gasteiger partial charge in [0.1, 0.15) is 0 Å². The van der Waals surface area contributed by atoms with Gasteiger partial charge in [0.15, 0.2) is 0 Å². The van der Waals surface area contributed by atoms with Crippen molar-refractivity contribution in [1.29, 1.82) is 0 Å². The zero-order valence-electron chi connectivity index (χ0n) is 14.8. The van der Waals surface area contributed by atoms with Crippen LogP contribution in [0, 0.1) is 0 Å². The van der Waals surface area contributed by atoms with Crippen molar-refractivity contribution >= 4 is 17.7 Å². The van der Waals surface area contributed by atoms with Gasteiger partial charge in [0.25, 0.3) is 0 Å². The summed E-state index contributed by atoms with van der Waals surface area (Å²) in [5, 5.41) is 0. The summed E-state index contributed by atoms with van der Waals surface area (Å²) in [5.41, 5.74) is 1.33. The number of likely N-dealkylation sites (N-methyl/N-ethyl adjacent to an activating group) is 1. The normalized spacial score (nSPS) is 17.7. The molecule has 0 spiro atoms. The number of thioether (sulfide) groups is 1. The number of carbonyl (C=O) groups is 1. The lowest BCUT2D eigenvalue weighted by molar-refractivity contribution is -0.130. The van der Waals surface area contributed by atoms with Gasteiger partial charge in [0, 0.05) is 30.6 Å². The van der Waals surface area contributed by atoms with Crippen LogP contribution in [0.1, 0.15) is 18.4 Å². The first-order valence-electron chi connectivity index (χ1n) is 8.92. The van der Waals surface area contributed by atoms with E-state index in [0.717, 1.165) is 31.0 Å². The molecule has 1 heterocycles. The molecule has 0 radical (unpaired) electrons. The number of benzene rings is 2. The van der Waals surface area contributed by atoms with E-state index in [9.17, 15) is 4.79 Å². The van der Waals surface area contributed by atoms with Crippen LogP contribution in [0.2, 0.25) is 0 Å². The molecule has 2 aromatic carbocycles. The first-order valence-corrected chi connectivity index (χ1v) is 9.91. The van der Waals surface area contributed by atoms with Crippen LogP contribution in [0.5, 0.6) is 0 Å². The summed E-state index contributed by atoms with van der Waals surface area (Å²) < 4.78 is 0. The molecule has 1 unspecified atom stereocenters. The highest BCUT2D eigenvalue weighted by Crippen LogP contribution is 2.21. The minimum Gasteiger partial charge on any atom is -0.340 e. The Labute approximate surface area is 155 Å². The van der Waals surface area contributed by atoms with Crippen LogP contribution in [-0.4, -0.2) is 47.6 Å². The van der Waals surface area contributed by atoms with Gasteiger partial charge in [0.2, 0.25) is 5.91 Å². The number of piperidine rings is 1. The molecule has 3 nitrogen and oxygen atoms in total. The Balaban J connectivity index is 1.50. The van der Waals surface area contributed by atoms with Gasteiger partial charge in [-0.1, -0.05) is 48.5 Å². The third-order valence-electron chi connectivity index (χ3n) is 4.75. The molecule has 1 atom stereocenters. The second-order valence-electron chi connectivity index (χ2n) is 6.64. The highest BCUT2D eigenvalue weighted by molar-refractivity contribution is 8.00. The molecular formula is C21H26N2OS. The standard InChI is InChI=1S/C21H26N2OS/c1-22(15-18-9-4-2-5-10-18)19-11-8-14-23(16-19)21(24)17-25-20-12-6-3-7-13-20/h2-7,9-10,12-13,19H,8,11,14-17H2,1H3. The Kier molecular flexibility index (Phi) is 6.54. The van der Waals surface area contributed by atoms with E-state index < -0.39 is 0 Å². The van der Waals surface area contributed by atoms with Crippen molar-refractivity contribution in [3.63, 3.8) is 0 Å². The molecule has 0 bridgehead atoms. The molecule has 0 aromatic heterocycles. The molecule has 25 heavy (non-hydrogen) atoms. The first-order chi connectivity index (χ1) is 12.2. The van der Waals surface area contributed by atoms with Crippen molar-refractivity contribution in [2.24, 2.45) is 0 Å². The monoisotopic (exact) mass is 354 g/mol. The van der Waals surface area contributed by atoms with Gasteiger partial charge < -0.3 is 4.90 Å². The van der Waals surface area contributed by atoms with Crippen LogP contribution >= 0.6 is 11.8 Å². The maximum Gasteiger partial charge on any atom is 0.232 e. The second kappa shape index (κ2) is 9.07. The van der Waals surface area contributed by atoms with E-state index in [-0.39, 0.29) is 5.91 Å². The van der Waals surface area contributed by atoms with E-state index in [0.29, 0.717) is 11.8 Å². The molecule has 1 saturated heterocycles. The van der Waals surface area contributed by atoms with Gasteiger partial charge in [-0.2, -0.15) is 0 Å². The average molecular weight is 355 g/mol. The van der Waals surface area contributed by atoms with Crippen molar-refractivity contribution in [2.75, 3.05) is 25.9 Å². The van der Waals surface area contributed by atoms with E-state index in [2.05, 4.69) is 54.4 Å². The summed E-state index contributed by atoms with van der Waals surface area (Å²) in [6.07, 6.45) is 2.25. The van der Waals surface area contributed by atoms with Crippen molar-refractivity contribution in [2.45, 2.75) is 30.3 Å². The lowest BCUT2D eigenvalue weighted by atomic mass is 10.0. The molecule has 1 aliphatic heterocycles. The number of hydrogen-bond acceptors (Lipinski definition) is 3. The van der Waals surface area contributed by atoms with Crippen molar-refractivity contribution in [3.8, 4) is 0 Å². The van der Waals surface area contributed by atoms with Crippen LogP contribution < -0.4 is 0 Å². The number of likely N-dealkylation sites (tertiary alicyclic amines) is 1. The Morgan fingerprint density at radius 2 is 1.80 bits per heavy atom. The summed E-state index contributed by atoms with van der Waals surface area (Å²) >= 11 is 1.63. The summed E-state index contributed by atoms with van der Waals surface area (Å²) in [7, 11) is 2.17. The minimum atomic E-state index is 0.256. The number of carbonyl (C=O) groups excluding carboxylic acids is 1. The van der Waals surface area contributed by atoms with E-state index >= 15 is 0 Å². The van der Waals surface area contributed by atoms with Gasteiger partial charge in [0.05, 0.1) is 5.75 Å². The van der Waals surface area contributed by atoms with Gasteiger partial charge in [-0.15, -0.1) is 11.8 Å². The molecule has 1 fully saturated rings. The third kappa shape index (κ3) is 5.35. The summed E-state index contributed by atoms with van der Waals surface area (Å²) in [4.78, 5) is 18.2. The van der Waals surface area contributed by atoms with Crippen LogP contribution in [0.4, 0.5) is 0 Å². The fourth-order valence-electron chi connectivity index (χ4n) is 3.29. The molecule has 132 valence electrons. The summed E-state index contributed by atoms with van der Waals surface area (Å²) in [6, 6.07) is 21.1. The predicted octanol–water partition coefficient (Wildman–Crippen LogP) is 3.90. The van der Waals surface area contributed by atoms with Crippen LogP contribution in [0.25, 0.3) is 0 Å². The fourth-order valence-corrected chi connectivity index (χ4v) is 4.12. The molecule has 2 aromatic rings. The van der Waals surface area contributed by atoms with Gasteiger partial charge in [-0.3, -0.25) is 9.69 Å². The Morgan fingerprint density at radius 1 is 1.12 bits per heavy atom. The largest absolute Gasteiger partial charge is 0.340 e. The molecule has 4 heteroatoms. The lowest BCUT2D eigenvalue weighted by Gasteiger charge is -2.37. The van der Waals surface area contributed by atoms with Crippen molar-refractivity contribution in [3.05, 3.63) is 66.2 Å². The predicted molar refractivity (Wildman–Crippen MR) is 105 cm³/mol. The molecular weight excluding hydrogens is 328 g/mol. The molecule has 0 saturated carbocycles. The van der Waals surface area contributed by atoms with Crippen LogP contribution in [0.15, 0.2) is 65.6 Å². The molecule has 1 aliphatic rings. The van der Waals surface area contributed by atoms with E-state index in [1.807, 2.05) is 23.1 Å². The lowest BCUT2D eigenvalue weighted by Crippen LogP contribution is -2.48. The van der Waals surface area contributed by atoms with Crippen molar-refractivity contribution < 1.29 is 4.79 Å². The summed E-state index contributed by atoms with van der Waals surface area (Å²) in [6.45, 7) is 2.67. The average Bonchev–Trinajstić information content (AvgIpc) is 2.68. The van der Waals surface area contributed by atoms with E-state index in [1.54, 1.807) is 11.8 Å². The first kappa shape index (κ1) is 18.0. The smallest absolute Gasteiger partial charge is 0.232 e. The maximum absolute atomic E-state index is 12.6. The highest BCUT2D eigenvalue weighted by atomic mass is 32.2. The maximum atomic E-state index is 12.6. The highest BCUT2D eigenvalue weighted by Gasteiger charge is 2.26. The summed E-state index contributed by atoms with van der Waals surface area (Å²) in [5.74, 6) is 0.783. The van der Waals surface area contributed by atoms with Crippen LogP contribution in [0.3, 0.4) is 0 Å². The SMILES string of the molecule is CN(Cc1ccccc1)C1CCCN(C(=O)CSc2ccccc2)C1. The Morgan fingerprint density at radius 3 is 2.52 bits per heavy atom. The Hall–Kier alpha value is -1.78. The minimum absolute atomic E-state index is 0.256. The van der Waals surface area contributed by atoms with Gasteiger partial charge >= 0.3 is 0 Å². The molecule has 3 rings (SSSR count). The second-order valence-corrected chi connectivity index (χ2v) is 7.69. The molecule has 0 aliphatic carbocycles. The van der Waals surface area contributed by atoms with E-state index in [4.69, 9.17) is 0 Å². The van der Waals surface area contributed by atoms with Gasteiger partial charge in [-0.25, -0.2) is 0 Å². The number of rotatable bonds is 6. The Bertz CT molecular complexity index is 662. The van der Waals surface area contributed by atoms with E-state index in [1.165, 1.54) is 12.0 Å². The quantitative estimate of drug-likeness (QED) is 0.735. The van der Waals surface area contributed by atoms with Crippen molar-refractivity contribution in [1.82, 2.24) is 9.80 Å². The zero-order valence-corrected chi connectivity index (χ0v) is 15.6. The molecule has 1 amide bonds.